The third-order valence-corrected chi connectivity index (χ3v) is 4.11. The summed E-state index contributed by atoms with van der Waals surface area (Å²) in [5.41, 5.74) is 0. The van der Waals surface area contributed by atoms with E-state index in [0.717, 1.165) is 0 Å². The molecule has 1 saturated heterocycles. The minimum absolute atomic E-state index is 0.0651. The Morgan fingerprint density at radius 3 is 2.42 bits per heavy atom. The van der Waals surface area contributed by atoms with E-state index in [9.17, 15) is 18.0 Å². The van der Waals surface area contributed by atoms with Crippen LogP contribution >= 0.6 is 0 Å². The van der Waals surface area contributed by atoms with Crippen LogP contribution in [-0.2, 0) is 14.8 Å². The van der Waals surface area contributed by atoms with Crippen molar-refractivity contribution in [2.75, 3.05) is 6.54 Å². The lowest BCUT2D eigenvalue weighted by molar-refractivity contribution is -0.120. The van der Waals surface area contributed by atoms with Gasteiger partial charge in [-0.15, -0.1) is 0 Å². The molecule has 1 aliphatic heterocycles. The number of carbonyl (C=O) groups is 2. The lowest BCUT2D eigenvalue weighted by Gasteiger charge is -2.09. The van der Waals surface area contributed by atoms with Crippen LogP contribution in [0.1, 0.15) is 6.42 Å². The topological polar surface area (TPSA) is 104 Å². The highest BCUT2D eigenvalue weighted by atomic mass is 32.2. The molecule has 8 heteroatoms. The van der Waals surface area contributed by atoms with E-state index in [1.54, 1.807) is 18.2 Å². The van der Waals surface area contributed by atoms with Gasteiger partial charge in [-0.2, -0.15) is 0 Å². The number of nitrogens with one attached hydrogen (secondary N) is 3. The summed E-state index contributed by atoms with van der Waals surface area (Å²) < 4.78 is 26.1. The average molecular weight is 283 g/mol. The van der Waals surface area contributed by atoms with Gasteiger partial charge in [0, 0.05) is 6.54 Å². The molecule has 19 heavy (non-hydrogen) atoms. The van der Waals surface area contributed by atoms with Crippen LogP contribution in [0.5, 0.6) is 0 Å². The number of hydrogen-bond acceptors (Lipinski definition) is 4. The summed E-state index contributed by atoms with van der Waals surface area (Å²) in [6.45, 7) is 0.0651. The summed E-state index contributed by atoms with van der Waals surface area (Å²) in [7, 11) is -3.58. The van der Waals surface area contributed by atoms with Crippen LogP contribution < -0.4 is 15.4 Å². The largest absolute Gasteiger partial charge is 0.326 e. The number of hydrogen-bond donors (Lipinski definition) is 3. The molecule has 1 aliphatic rings. The molecular weight excluding hydrogens is 270 g/mol. The first kappa shape index (κ1) is 13.5. The van der Waals surface area contributed by atoms with Crippen LogP contribution in [0.4, 0.5) is 4.79 Å². The van der Waals surface area contributed by atoms with Gasteiger partial charge < -0.3 is 5.32 Å². The van der Waals surface area contributed by atoms with Gasteiger partial charge in [-0.1, -0.05) is 18.2 Å². The van der Waals surface area contributed by atoms with Crippen LogP contribution in [0.3, 0.4) is 0 Å². The van der Waals surface area contributed by atoms with E-state index in [-0.39, 0.29) is 17.9 Å². The zero-order valence-electron chi connectivity index (χ0n) is 9.92. The molecule has 3 N–H and O–H groups in total. The molecule has 102 valence electrons. The molecule has 1 fully saturated rings. The van der Waals surface area contributed by atoms with E-state index < -0.39 is 28.0 Å². The van der Waals surface area contributed by atoms with E-state index in [1.807, 2.05) is 0 Å². The lowest BCUT2D eigenvalue weighted by Crippen LogP contribution is -2.34. The second-order valence-corrected chi connectivity index (χ2v) is 5.78. The highest BCUT2D eigenvalue weighted by Gasteiger charge is 2.29. The van der Waals surface area contributed by atoms with Gasteiger partial charge in [-0.25, -0.2) is 17.9 Å². The van der Waals surface area contributed by atoms with Crippen molar-refractivity contribution >= 4 is 22.0 Å². The Labute approximate surface area is 110 Å². The fourth-order valence-corrected chi connectivity index (χ4v) is 2.75. The van der Waals surface area contributed by atoms with E-state index in [4.69, 9.17) is 0 Å². The average Bonchev–Trinajstić information content (AvgIpc) is 2.69. The second-order valence-electron chi connectivity index (χ2n) is 4.01. The lowest BCUT2D eigenvalue weighted by atomic mass is 10.2. The smallest absolute Gasteiger partial charge is 0.322 e. The highest BCUT2D eigenvalue weighted by Crippen LogP contribution is 2.07. The minimum Gasteiger partial charge on any atom is -0.326 e. The predicted molar refractivity (Wildman–Crippen MR) is 66.7 cm³/mol. The van der Waals surface area contributed by atoms with Crippen LogP contribution in [0.2, 0.25) is 0 Å². The zero-order chi connectivity index (χ0) is 13.9. The van der Waals surface area contributed by atoms with Crippen LogP contribution in [0.25, 0.3) is 0 Å². The van der Waals surface area contributed by atoms with Crippen LogP contribution in [0, 0.1) is 0 Å². The van der Waals surface area contributed by atoms with Crippen LogP contribution in [0.15, 0.2) is 35.2 Å². The maximum Gasteiger partial charge on any atom is 0.322 e. The van der Waals surface area contributed by atoms with Crippen molar-refractivity contribution in [3.8, 4) is 0 Å². The van der Waals surface area contributed by atoms with Gasteiger partial charge in [-0.05, 0) is 18.6 Å². The highest BCUT2D eigenvalue weighted by molar-refractivity contribution is 7.89. The molecule has 1 atom stereocenters. The number of carbonyl (C=O) groups excluding carboxylic acids is 2. The van der Waals surface area contributed by atoms with E-state index in [1.165, 1.54) is 12.1 Å². The van der Waals surface area contributed by atoms with Crippen molar-refractivity contribution in [2.45, 2.75) is 17.4 Å². The number of sulfonamides is 1. The normalized spacial score (nSPS) is 19.1. The van der Waals surface area contributed by atoms with E-state index in [2.05, 4.69) is 15.4 Å². The van der Waals surface area contributed by atoms with Gasteiger partial charge in [0.1, 0.15) is 6.04 Å². The van der Waals surface area contributed by atoms with Crippen molar-refractivity contribution < 1.29 is 18.0 Å². The number of benzene rings is 1. The summed E-state index contributed by atoms with van der Waals surface area (Å²) in [4.78, 5) is 22.3. The molecule has 1 heterocycles. The number of imide groups is 1. The van der Waals surface area contributed by atoms with Crippen LogP contribution in [-0.4, -0.2) is 32.9 Å². The fourth-order valence-electron chi connectivity index (χ4n) is 1.68. The molecule has 0 aromatic heterocycles. The maximum atomic E-state index is 11.9. The molecule has 1 aromatic rings. The second kappa shape index (κ2) is 5.37. The van der Waals surface area contributed by atoms with Gasteiger partial charge in [0.25, 0.3) is 5.91 Å². The van der Waals surface area contributed by atoms with Gasteiger partial charge in [0.2, 0.25) is 10.0 Å². The summed E-state index contributed by atoms with van der Waals surface area (Å²) in [6, 6.07) is 6.68. The Morgan fingerprint density at radius 2 is 1.84 bits per heavy atom. The van der Waals surface area contributed by atoms with Gasteiger partial charge in [-0.3, -0.25) is 10.1 Å². The maximum absolute atomic E-state index is 11.9. The third kappa shape index (κ3) is 3.30. The summed E-state index contributed by atoms with van der Waals surface area (Å²) >= 11 is 0. The van der Waals surface area contributed by atoms with Crippen molar-refractivity contribution in [3.63, 3.8) is 0 Å². The predicted octanol–water partition coefficient (Wildman–Crippen LogP) is -0.437. The van der Waals surface area contributed by atoms with Crippen molar-refractivity contribution in [1.29, 1.82) is 0 Å². The molecular formula is C11H13N3O4S. The molecule has 7 nitrogen and oxygen atoms in total. The first-order valence-corrected chi connectivity index (χ1v) is 7.13. The molecule has 1 unspecified atom stereocenters. The zero-order valence-corrected chi connectivity index (χ0v) is 10.7. The Kier molecular flexibility index (Phi) is 3.82. The summed E-state index contributed by atoms with van der Waals surface area (Å²) in [6.07, 6.45) is 0.198. The first-order valence-electron chi connectivity index (χ1n) is 5.65. The van der Waals surface area contributed by atoms with Crippen molar-refractivity contribution in [2.24, 2.45) is 0 Å². The molecule has 1 aromatic carbocycles. The van der Waals surface area contributed by atoms with Gasteiger partial charge in [0.05, 0.1) is 4.90 Å². The molecule has 3 amide bonds. The first-order chi connectivity index (χ1) is 8.99. The van der Waals surface area contributed by atoms with Crippen molar-refractivity contribution in [3.05, 3.63) is 30.3 Å². The Bertz CT molecular complexity index is 585. The monoisotopic (exact) mass is 283 g/mol. The van der Waals surface area contributed by atoms with E-state index in [0.29, 0.717) is 0 Å². The fraction of sp³-hybridized carbons (Fsp3) is 0.273. The summed E-state index contributed by atoms with van der Waals surface area (Å²) in [5, 5.41) is 4.48. The Morgan fingerprint density at radius 1 is 1.16 bits per heavy atom. The van der Waals surface area contributed by atoms with E-state index >= 15 is 0 Å². The number of amides is 3. The van der Waals surface area contributed by atoms with Gasteiger partial charge in [0.15, 0.2) is 0 Å². The Balaban J connectivity index is 1.89. The quantitative estimate of drug-likeness (QED) is 0.637. The van der Waals surface area contributed by atoms with Gasteiger partial charge >= 0.3 is 6.03 Å². The standard InChI is InChI=1S/C11H13N3O4S/c15-10-9(13-11(16)14-10)6-7-12-19(17,18)8-4-2-1-3-5-8/h1-5,9,12H,6-7H2,(H2,13,14,15,16). The number of rotatable bonds is 5. The molecule has 0 bridgehead atoms. The Hall–Kier alpha value is -1.93. The minimum atomic E-state index is -3.58. The molecule has 0 saturated carbocycles. The SMILES string of the molecule is O=C1NC(=O)C(CCNS(=O)(=O)c2ccccc2)N1. The van der Waals surface area contributed by atoms with Crippen molar-refractivity contribution in [1.82, 2.24) is 15.4 Å². The summed E-state index contributed by atoms with van der Waals surface area (Å²) in [5.74, 6) is -0.441. The number of urea groups is 1. The molecule has 0 aliphatic carbocycles. The molecule has 0 spiro atoms. The molecule has 0 radical (unpaired) electrons. The molecule has 2 rings (SSSR count). The third-order valence-electron chi connectivity index (χ3n) is 2.64.